The van der Waals surface area contributed by atoms with Crippen molar-refractivity contribution in [2.24, 2.45) is 0 Å². The Bertz CT molecular complexity index is 457. The zero-order chi connectivity index (χ0) is 15.5. The summed E-state index contributed by atoms with van der Waals surface area (Å²) in [4.78, 5) is 23.3. The lowest BCUT2D eigenvalue weighted by Crippen LogP contribution is -2.13. The first-order chi connectivity index (χ1) is 10.1. The van der Waals surface area contributed by atoms with Crippen LogP contribution in [0.3, 0.4) is 0 Å². The van der Waals surface area contributed by atoms with Crippen molar-refractivity contribution >= 4 is 17.6 Å². The summed E-state index contributed by atoms with van der Waals surface area (Å²) >= 11 is 0. The molecular weight excluding hydrogens is 266 g/mol. The third kappa shape index (κ3) is 6.93. The lowest BCUT2D eigenvalue weighted by Gasteiger charge is -2.05. The molecule has 0 bridgehead atoms. The van der Waals surface area contributed by atoms with Gasteiger partial charge in [0.25, 0.3) is 0 Å². The number of rotatable bonds is 9. The molecular formula is C17H25NO3. The maximum Gasteiger partial charge on any atom is 0.347 e. The van der Waals surface area contributed by atoms with Gasteiger partial charge in [-0.1, -0.05) is 57.6 Å². The summed E-state index contributed by atoms with van der Waals surface area (Å²) in [5, 5.41) is 0. The molecule has 0 spiro atoms. The van der Waals surface area contributed by atoms with Crippen LogP contribution < -0.4 is 5.73 Å². The molecule has 0 saturated heterocycles. The monoisotopic (exact) mass is 291 g/mol. The third-order valence-electron chi connectivity index (χ3n) is 3.37. The molecule has 4 heteroatoms. The summed E-state index contributed by atoms with van der Waals surface area (Å²) in [6, 6.07) is 6.58. The van der Waals surface area contributed by atoms with Crippen LogP contribution in [0.2, 0.25) is 0 Å². The zero-order valence-corrected chi connectivity index (χ0v) is 12.8. The summed E-state index contributed by atoms with van der Waals surface area (Å²) in [5.74, 6) is -1.14. The summed E-state index contributed by atoms with van der Waals surface area (Å²) in [6.45, 7) is 2.19. The van der Waals surface area contributed by atoms with Crippen molar-refractivity contribution in [1.29, 1.82) is 0 Å². The number of para-hydroxylation sites is 1. The zero-order valence-electron chi connectivity index (χ0n) is 12.8. The van der Waals surface area contributed by atoms with E-state index in [1.165, 1.54) is 25.7 Å². The number of nitrogen functional groups attached to an aromatic ring is 1. The van der Waals surface area contributed by atoms with Gasteiger partial charge in [0.15, 0.2) is 0 Å². The molecule has 0 saturated carbocycles. The fraction of sp³-hybridized carbons (Fsp3) is 0.529. The van der Waals surface area contributed by atoms with Crippen LogP contribution in [0.1, 0.15) is 68.6 Å². The van der Waals surface area contributed by atoms with Gasteiger partial charge in [0.05, 0.1) is 5.56 Å². The molecule has 0 atom stereocenters. The molecule has 0 fully saturated rings. The average molecular weight is 291 g/mol. The highest BCUT2D eigenvalue weighted by molar-refractivity contribution is 6.00. The minimum atomic E-state index is -0.666. The van der Waals surface area contributed by atoms with E-state index < -0.39 is 11.9 Å². The van der Waals surface area contributed by atoms with E-state index in [-0.39, 0.29) is 12.0 Å². The normalized spacial score (nSPS) is 10.3. The summed E-state index contributed by atoms with van der Waals surface area (Å²) in [6.07, 6.45) is 8.16. The largest absolute Gasteiger partial charge is 0.398 e. The molecule has 21 heavy (non-hydrogen) atoms. The number of ether oxygens (including phenoxy) is 1. The van der Waals surface area contributed by atoms with E-state index in [0.29, 0.717) is 5.69 Å². The fourth-order valence-corrected chi connectivity index (χ4v) is 2.12. The van der Waals surface area contributed by atoms with E-state index in [2.05, 4.69) is 6.92 Å². The Morgan fingerprint density at radius 1 is 1.00 bits per heavy atom. The van der Waals surface area contributed by atoms with Gasteiger partial charge in [0.1, 0.15) is 0 Å². The molecule has 1 aromatic carbocycles. The van der Waals surface area contributed by atoms with Crippen molar-refractivity contribution in [1.82, 2.24) is 0 Å². The molecule has 1 aromatic rings. The Morgan fingerprint density at radius 3 is 2.29 bits per heavy atom. The van der Waals surface area contributed by atoms with Crippen LogP contribution in [0, 0.1) is 0 Å². The Balaban J connectivity index is 2.19. The van der Waals surface area contributed by atoms with Crippen molar-refractivity contribution in [3.05, 3.63) is 29.8 Å². The molecule has 116 valence electrons. The van der Waals surface area contributed by atoms with Gasteiger partial charge in [0, 0.05) is 12.1 Å². The lowest BCUT2D eigenvalue weighted by atomic mass is 10.1. The van der Waals surface area contributed by atoms with E-state index in [1.807, 2.05) is 0 Å². The van der Waals surface area contributed by atoms with Crippen molar-refractivity contribution in [3.8, 4) is 0 Å². The molecule has 0 aliphatic heterocycles. The molecule has 0 heterocycles. The number of benzene rings is 1. The van der Waals surface area contributed by atoms with Crippen molar-refractivity contribution < 1.29 is 14.3 Å². The van der Waals surface area contributed by atoms with Crippen LogP contribution in [0.5, 0.6) is 0 Å². The Kier molecular flexibility index (Phi) is 8.17. The highest BCUT2D eigenvalue weighted by Crippen LogP contribution is 2.13. The van der Waals surface area contributed by atoms with Gasteiger partial charge in [-0.3, -0.25) is 4.79 Å². The summed E-state index contributed by atoms with van der Waals surface area (Å²) in [7, 11) is 0. The van der Waals surface area contributed by atoms with Gasteiger partial charge in [-0.15, -0.1) is 0 Å². The summed E-state index contributed by atoms with van der Waals surface area (Å²) in [5.41, 5.74) is 6.23. The molecule has 2 N–H and O–H groups in total. The first kappa shape index (κ1) is 17.2. The van der Waals surface area contributed by atoms with Crippen LogP contribution in [-0.4, -0.2) is 11.9 Å². The number of hydrogen-bond acceptors (Lipinski definition) is 4. The van der Waals surface area contributed by atoms with E-state index >= 15 is 0 Å². The topological polar surface area (TPSA) is 69.4 Å². The van der Waals surface area contributed by atoms with Gasteiger partial charge in [-0.25, -0.2) is 4.79 Å². The number of nitrogens with two attached hydrogens (primary N) is 1. The molecule has 0 radical (unpaired) electrons. The van der Waals surface area contributed by atoms with Crippen LogP contribution in [0.4, 0.5) is 5.69 Å². The first-order valence-electron chi connectivity index (χ1n) is 7.74. The minimum Gasteiger partial charge on any atom is -0.398 e. The smallest absolute Gasteiger partial charge is 0.347 e. The van der Waals surface area contributed by atoms with Gasteiger partial charge in [-0.2, -0.15) is 0 Å². The number of unbranched alkanes of at least 4 members (excludes halogenated alkanes) is 6. The quantitative estimate of drug-likeness (QED) is 0.322. The van der Waals surface area contributed by atoms with Gasteiger partial charge < -0.3 is 10.5 Å². The van der Waals surface area contributed by atoms with E-state index in [1.54, 1.807) is 24.3 Å². The molecule has 0 aliphatic rings. The van der Waals surface area contributed by atoms with E-state index in [4.69, 9.17) is 10.5 Å². The maximum atomic E-state index is 11.8. The number of esters is 2. The van der Waals surface area contributed by atoms with Crippen LogP contribution in [0.15, 0.2) is 24.3 Å². The highest BCUT2D eigenvalue weighted by atomic mass is 16.6. The maximum absolute atomic E-state index is 11.8. The van der Waals surface area contributed by atoms with Crippen molar-refractivity contribution in [3.63, 3.8) is 0 Å². The van der Waals surface area contributed by atoms with Gasteiger partial charge in [0.2, 0.25) is 0 Å². The van der Waals surface area contributed by atoms with E-state index in [9.17, 15) is 9.59 Å². The van der Waals surface area contributed by atoms with Crippen LogP contribution >= 0.6 is 0 Å². The number of carbonyl (C=O) groups is 2. The predicted molar refractivity (Wildman–Crippen MR) is 83.9 cm³/mol. The predicted octanol–water partition coefficient (Wildman–Crippen LogP) is 4.09. The van der Waals surface area contributed by atoms with Gasteiger partial charge >= 0.3 is 11.9 Å². The molecule has 0 unspecified atom stereocenters. The van der Waals surface area contributed by atoms with Gasteiger partial charge in [-0.05, 0) is 18.6 Å². The molecule has 0 amide bonds. The number of carbonyl (C=O) groups excluding carboxylic acids is 2. The van der Waals surface area contributed by atoms with E-state index in [0.717, 1.165) is 19.3 Å². The second kappa shape index (κ2) is 9.97. The molecule has 0 aliphatic carbocycles. The Labute approximate surface area is 126 Å². The first-order valence-corrected chi connectivity index (χ1v) is 7.74. The molecule has 0 aromatic heterocycles. The van der Waals surface area contributed by atoms with Crippen molar-refractivity contribution in [2.45, 2.75) is 58.3 Å². The Morgan fingerprint density at radius 2 is 1.62 bits per heavy atom. The third-order valence-corrected chi connectivity index (χ3v) is 3.37. The second-order valence-electron chi connectivity index (χ2n) is 5.22. The van der Waals surface area contributed by atoms with Crippen molar-refractivity contribution in [2.75, 3.05) is 5.73 Å². The lowest BCUT2D eigenvalue weighted by molar-refractivity contribution is -0.138. The standard InChI is InChI=1S/C17H25NO3/c1-2-3-4-5-6-7-8-13-16(19)21-17(20)14-11-9-10-12-15(14)18/h9-12H,2-8,13,18H2,1H3. The number of hydrogen-bond donors (Lipinski definition) is 1. The minimum absolute atomic E-state index is 0.241. The second-order valence-corrected chi connectivity index (χ2v) is 5.22. The highest BCUT2D eigenvalue weighted by Gasteiger charge is 2.14. The fourth-order valence-electron chi connectivity index (χ4n) is 2.12. The van der Waals surface area contributed by atoms with Crippen LogP contribution in [0.25, 0.3) is 0 Å². The SMILES string of the molecule is CCCCCCCCCC(=O)OC(=O)c1ccccc1N. The average Bonchev–Trinajstić information content (AvgIpc) is 2.46. The molecule has 1 rings (SSSR count). The molecule has 4 nitrogen and oxygen atoms in total. The van der Waals surface area contributed by atoms with Crippen LogP contribution in [-0.2, 0) is 9.53 Å². The summed E-state index contributed by atoms with van der Waals surface area (Å²) < 4.78 is 4.80. The number of anilines is 1. The Hall–Kier alpha value is -1.84.